The van der Waals surface area contributed by atoms with Crippen molar-refractivity contribution in [2.75, 3.05) is 6.54 Å². The highest BCUT2D eigenvalue weighted by Gasteiger charge is 2.13. The first-order chi connectivity index (χ1) is 7.69. The summed E-state index contributed by atoms with van der Waals surface area (Å²) >= 11 is 1.75. The first kappa shape index (κ1) is 13.0. The minimum absolute atomic E-state index is 0.0408. The summed E-state index contributed by atoms with van der Waals surface area (Å²) in [4.78, 5) is 1.33. The molecular formula is C11H19N3OS. The zero-order valence-electron chi connectivity index (χ0n) is 9.68. The lowest BCUT2D eigenvalue weighted by Crippen LogP contribution is -2.33. The van der Waals surface area contributed by atoms with Crippen molar-refractivity contribution < 1.29 is 5.21 Å². The Bertz CT molecular complexity index is 324. The number of nitrogens with zero attached hydrogens (tertiary/aromatic N) is 1. The minimum Gasteiger partial charge on any atom is -0.409 e. The molecule has 0 saturated heterocycles. The largest absolute Gasteiger partial charge is 0.409 e. The van der Waals surface area contributed by atoms with Crippen LogP contribution < -0.4 is 11.1 Å². The van der Waals surface area contributed by atoms with Crippen molar-refractivity contribution in [1.82, 2.24) is 5.32 Å². The van der Waals surface area contributed by atoms with Gasteiger partial charge in [-0.3, -0.25) is 0 Å². The molecule has 0 radical (unpaired) electrons. The van der Waals surface area contributed by atoms with Crippen LogP contribution in [0.1, 0.15) is 31.2 Å². The molecule has 2 unspecified atom stereocenters. The van der Waals surface area contributed by atoms with Crippen molar-refractivity contribution in [3.8, 4) is 0 Å². The zero-order chi connectivity index (χ0) is 12.0. The topological polar surface area (TPSA) is 70.6 Å². The van der Waals surface area contributed by atoms with Gasteiger partial charge in [0.15, 0.2) is 0 Å². The van der Waals surface area contributed by atoms with Gasteiger partial charge in [0.2, 0.25) is 0 Å². The van der Waals surface area contributed by atoms with Crippen LogP contribution in [0.4, 0.5) is 0 Å². The molecule has 4 N–H and O–H groups in total. The van der Waals surface area contributed by atoms with Crippen molar-refractivity contribution in [2.24, 2.45) is 16.8 Å². The van der Waals surface area contributed by atoms with E-state index in [4.69, 9.17) is 10.9 Å². The third-order valence-corrected chi connectivity index (χ3v) is 3.57. The molecule has 90 valence electrons. The Morgan fingerprint density at radius 2 is 2.44 bits per heavy atom. The number of nitrogens with two attached hydrogens (primary N) is 1. The Balaban J connectivity index is 2.47. The highest BCUT2D eigenvalue weighted by molar-refractivity contribution is 7.10. The molecule has 1 rings (SSSR count). The van der Waals surface area contributed by atoms with Gasteiger partial charge in [-0.05, 0) is 17.9 Å². The number of rotatable bonds is 6. The first-order valence-corrected chi connectivity index (χ1v) is 6.31. The highest BCUT2D eigenvalue weighted by Crippen LogP contribution is 2.21. The molecule has 5 heteroatoms. The fourth-order valence-electron chi connectivity index (χ4n) is 1.46. The molecule has 1 aromatic heterocycles. The Morgan fingerprint density at radius 3 is 2.94 bits per heavy atom. The van der Waals surface area contributed by atoms with Crippen LogP contribution in [0.3, 0.4) is 0 Å². The summed E-state index contributed by atoms with van der Waals surface area (Å²) in [5.41, 5.74) is 5.53. The Kier molecular flexibility index (Phi) is 5.28. The maximum Gasteiger partial charge on any atom is 0.143 e. The molecule has 0 amide bonds. The molecule has 0 aromatic carbocycles. The SMILES string of the molecule is CCC(NCC(C)C(N)=NO)c1cccs1. The summed E-state index contributed by atoms with van der Waals surface area (Å²) in [6.07, 6.45) is 1.03. The molecular weight excluding hydrogens is 222 g/mol. The summed E-state index contributed by atoms with van der Waals surface area (Å²) in [7, 11) is 0. The molecule has 2 atom stereocenters. The lowest BCUT2D eigenvalue weighted by atomic mass is 10.1. The maximum absolute atomic E-state index is 8.55. The van der Waals surface area contributed by atoms with E-state index >= 15 is 0 Å². The van der Waals surface area contributed by atoms with Gasteiger partial charge < -0.3 is 16.3 Å². The Hall–Kier alpha value is -1.07. The van der Waals surface area contributed by atoms with Crippen LogP contribution in [0.2, 0.25) is 0 Å². The van der Waals surface area contributed by atoms with Crippen LogP contribution >= 0.6 is 11.3 Å². The number of nitrogens with one attached hydrogen (secondary N) is 1. The van der Waals surface area contributed by atoms with Gasteiger partial charge in [-0.2, -0.15) is 0 Å². The molecule has 4 nitrogen and oxygen atoms in total. The third-order valence-electron chi connectivity index (χ3n) is 2.59. The van der Waals surface area contributed by atoms with Gasteiger partial charge in [-0.15, -0.1) is 11.3 Å². The van der Waals surface area contributed by atoms with E-state index < -0.39 is 0 Å². The second-order valence-corrected chi connectivity index (χ2v) is 4.79. The molecule has 0 saturated carbocycles. The lowest BCUT2D eigenvalue weighted by Gasteiger charge is -2.18. The molecule has 0 aliphatic rings. The van der Waals surface area contributed by atoms with E-state index in [1.807, 2.05) is 6.92 Å². The van der Waals surface area contributed by atoms with E-state index in [0.717, 1.165) is 6.42 Å². The molecule has 0 aliphatic carbocycles. The van der Waals surface area contributed by atoms with Gasteiger partial charge in [0.1, 0.15) is 5.84 Å². The van der Waals surface area contributed by atoms with Gasteiger partial charge >= 0.3 is 0 Å². The quantitative estimate of drug-likeness (QED) is 0.309. The van der Waals surface area contributed by atoms with E-state index in [1.54, 1.807) is 11.3 Å². The van der Waals surface area contributed by atoms with Gasteiger partial charge in [0.25, 0.3) is 0 Å². The summed E-state index contributed by atoms with van der Waals surface area (Å²) in [6.45, 7) is 4.79. The zero-order valence-corrected chi connectivity index (χ0v) is 10.5. The van der Waals surface area contributed by atoms with Crippen LogP contribution in [0.15, 0.2) is 22.7 Å². The smallest absolute Gasteiger partial charge is 0.143 e. The van der Waals surface area contributed by atoms with Crippen LogP contribution in [0.25, 0.3) is 0 Å². The predicted molar refractivity (Wildman–Crippen MR) is 67.9 cm³/mol. The molecule has 16 heavy (non-hydrogen) atoms. The second kappa shape index (κ2) is 6.50. The van der Waals surface area contributed by atoms with Crippen molar-refractivity contribution in [2.45, 2.75) is 26.3 Å². The van der Waals surface area contributed by atoms with Crippen LogP contribution in [0, 0.1) is 5.92 Å². The number of oxime groups is 1. The van der Waals surface area contributed by atoms with Crippen molar-refractivity contribution in [1.29, 1.82) is 0 Å². The van der Waals surface area contributed by atoms with Crippen molar-refractivity contribution >= 4 is 17.2 Å². The number of hydrogen-bond acceptors (Lipinski definition) is 4. The average Bonchev–Trinajstić information content (AvgIpc) is 2.82. The molecule has 1 heterocycles. The fraction of sp³-hybridized carbons (Fsp3) is 0.545. The van der Waals surface area contributed by atoms with E-state index in [9.17, 15) is 0 Å². The third kappa shape index (κ3) is 3.50. The number of hydrogen-bond donors (Lipinski definition) is 3. The van der Waals surface area contributed by atoms with E-state index in [2.05, 4.69) is 34.9 Å². The van der Waals surface area contributed by atoms with Crippen LogP contribution in [-0.4, -0.2) is 17.6 Å². The standard InChI is InChI=1S/C11H19N3OS/c1-3-9(10-5-4-6-16-10)13-7-8(2)11(12)14-15/h4-6,8-9,13,15H,3,7H2,1-2H3,(H2,12,14). The van der Waals surface area contributed by atoms with Gasteiger partial charge in [0.05, 0.1) is 0 Å². The number of thiophene rings is 1. The first-order valence-electron chi connectivity index (χ1n) is 5.43. The summed E-state index contributed by atoms with van der Waals surface area (Å²) < 4.78 is 0. The molecule has 0 fully saturated rings. The predicted octanol–water partition coefficient (Wildman–Crippen LogP) is 2.17. The molecule has 0 aliphatic heterocycles. The van der Waals surface area contributed by atoms with E-state index in [-0.39, 0.29) is 11.8 Å². The fourth-order valence-corrected chi connectivity index (χ4v) is 2.34. The summed E-state index contributed by atoms with van der Waals surface area (Å²) in [5.74, 6) is 0.313. The molecule has 1 aromatic rings. The highest BCUT2D eigenvalue weighted by atomic mass is 32.1. The maximum atomic E-state index is 8.55. The normalized spacial score (nSPS) is 16.0. The molecule has 0 bridgehead atoms. The number of amidine groups is 1. The monoisotopic (exact) mass is 241 g/mol. The van der Waals surface area contributed by atoms with Crippen LogP contribution in [-0.2, 0) is 0 Å². The Labute approximate surface area is 100 Å². The van der Waals surface area contributed by atoms with Crippen molar-refractivity contribution in [3.05, 3.63) is 22.4 Å². The van der Waals surface area contributed by atoms with Gasteiger partial charge in [-0.25, -0.2) is 0 Å². The van der Waals surface area contributed by atoms with Crippen molar-refractivity contribution in [3.63, 3.8) is 0 Å². The second-order valence-electron chi connectivity index (χ2n) is 3.81. The summed E-state index contributed by atoms with van der Waals surface area (Å²) in [6, 6.07) is 4.53. The lowest BCUT2D eigenvalue weighted by molar-refractivity contribution is 0.313. The van der Waals surface area contributed by atoms with Gasteiger partial charge in [-0.1, -0.05) is 25.1 Å². The minimum atomic E-state index is 0.0408. The van der Waals surface area contributed by atoms with Gasteiger partial charge in [0, 0.05) is 23.4 Å². The average molecular weight is 241 g/mol. The van der Waals surface area contributed by atoms with E-state index in [0.29, 0.717) is 12.6 Å². The Morgan fingerprint density at radius 1 is 1.69 bits per heavy atom. The summed E-state index contributed by atoms with van der Waals surface area (Å²) in [5, 5.41) is 17.1. The van der Waals surface area contributed by atoms with Crippen LogP contribution in [0.5, 0.6) is 0 Å². The van der Waals surface area contributed by atoms with E-state index in [1.165, 1.54) is 4.88 Å². The molecule has 0 spiro atoms.